The van der Waals surface area contributed by atoms with Crippen LogP contribution in [0, 0.1) is 5.92 Å². The van der Waals surface area contributed by atoms with Crippen molar-refractivity contribution in [3.05, 3.63) is 0 Å². The Balaban J connectivity index is 2.17. The van der Waals surface area contributed by atoms with Crippen molar-refractivity contribution in [2.24, 2.45) is 5.92 Å². The van der Waals surface area contributed by atoms with E-state index < -0.39 is 0 Å². The van der Waals surface area contributed by atoms with Crippen LogP contribution in [0.15, 0.2) is 0 Å². The molecule has 1 saturated carbocycles. The molecule has 13 heavy (non-hydrogen) atoms. The molecule has 1 atom stereocenters. The van der Waals surface area contributed by atoms with Gasteiger partial charge in [0.05, 0.1) is 6.10 Å². The van der Waals surface area contributed by atoms with Gasteiger partial charge >= 0.3 is 0 Å². The minimum atomic E-state index is 0.544. The van der Waals surface area contributed by atoms with E-state index in [1.807, 2.05) is 7.11 Å². The molecule has 2 nitrogen and oxygen atoms in total. The second kappa shape index (κ2) is 5.61. The van der Waals surface area contributed by atoms with E-state index in [0.29, 0.717) is 6.10 Å². The van der Waals surface area contributed by atoms with E-state index in [9.17, 15) is 0 Å². The molecular weight excluding hydrogens is 162 g/mol. The maximum atomic E-state index is 5.29. The Hall–Kier alpha value is -0.0800. The lowest BCUT2D eigenvalue weighted by Gasteiger charge is -2.39. The maximum Gasteiger partial charge on any atom is 0.0577 e. The van der Waals surface area contributed by atoms with Gasteiger partial charge in [0.1, 0.15) is 0 Å². The van der Waals surface area contributed by atoms with Crippen molar-refractivity contribution >= 4 is 0 Å². The van der Waals surface area contributed by atoms with Gasteiger partial charge in [0.2, 0.25) is 0 Å². The highest BCUT2D eigenvalue weighted by atomic mass is 16.5. The van der Waals surface area contributed by atoms with Crippen LogP contribution in [0.3, 0.4) is 0 Å². The van der Waals surface area contributed by atoms with Gasteiger partial charge in [-0.3, -0.25) is 0 Å². The predicted octanol–water partition coefficient (Wildman–Crippen LogP) is 2.19. The number of methoxy groups -OCH3 is 1. The molecule has 1 rings (SSSR count). The van der Waals surface area contributed by atoms with E-state index in [4.69, 9.17) is 4.74 Å². The van der Waals surface area contributed by atoms with Gasteiger partial charge < -0.3 is 10.1 Å². The van der Waals surface area contributed by atoms with E-state index in [0.717, 1.165) is 18.5 Å². The van der Waals surface area contributed by atoms with E-state index in [-0.39, 0.29) is 0 Å². The highest BCUT2D eigenvalue weighted by Gasteiger charge is 2.33. The van der Waals surface area contributed by atoms with Gasteiger partial charge in [0.25, 0.3) is 0 Å². The molecule has 78 valence electrons. The van der Waals surface area contributed by atoms with E-state index >= 15 is 0 Å². The average molecular weight is 185 g/mol. The van der Waals surface area contributed by atoms with E-state index in [1.165, 1.54) is 25.7 Å². The Labute approximate surface area is 82.0 Å². The van der Waals surface area contributed by atoms with Crippen LogP contribution in [0.1, 0.15) is 39.5 Å². The molecule has 0 aromatic heterocycles. The monoisotopic (exact) mass is 185 g/mol. The second-order valence-corrected chi connectivity index (χ2v) is 4.06. The molecule has 0 amide bonds. The number of ether oxygens (including phenoxy) is 1. The van der Waals surface area contributed by atoms with Crippen molar-refractivity contribution in [2.45, 2.75) is 51.7 Å². The third-order valence-corrected chi connectivity index (χ3v) is 3.13. The number of hydrogen-bond acceptors (Lipinski definition) is 2. The third kappa shape index (κ3) is 2.96. The first-order valence-electron chi connectivity index (χ1n) is 5.57. The Morgan fingerprint density at radius 3 is 2.54 bits per heavy atom. The Kier molecular flexibility index (Phi) is 4.74. The third-order valence-electron chi connectivity index (χ3n) is 3.13. The van der Waals surface area contributed by atoms with Gasteiger partial charge in [-0.1, -0.05) is 13.8 Å². The van der Waals surface area contributed by atoms with Gasteiger partial charge in [-0.05, 0) is 38.1 Å². The van der Waals surface area contributed by atoms with Crippen LogP contribution in [0.4, 0.5) is 0 Å². The van der Waals surface area contributed by atoms with Crippen molar-refractivity contribution in [1.29, 1.82) is 0 Å². The molecule has 0 bridgehead atoms. The lowest BCUT2D eigenvalue weighted by atomic mass is 9.76. The first kappa shape index (κ1) is 11.0. The van der Waals surface area contributed by atoms with Crippen LogP contribution in [0.5, 0.6) is 0 Å². The molecule has 1 unspecified atom stereocenters. The van der Waals surface area contributed by atoms with Crippen molar-refractivity contribution in [3.63, 3.8) is 0 Å². The standard InChI is InChI=1S/C11H23NO/c1-4-6-12-11(5-2)9-7-10(8-9)13-3/h9-12H,4-8H2,1-3H3. The van der Waals surface area contributed by atoms with Crippen LogP contribution in [-0.2, 0) is 4.74 Å². The topological polar surface area (TPSA) is 21.3 Å². The molecule has 0 heterocycles. The van der Waals surface area contributed by atoms with Gasteiger partial charge in [-0.2, -0.15) is 0 Å². The summed E-state index contributed by atoms with van der Waals surface area (Å²) in [4.78, 5) is 0. The lowest BCUT2D eigenvalue weighted by Crippen LogP contribution is -2.45. The summed E-state index contributed by atoms with van der Waals surface area (Å²) in [7, 11) is 1.82. The van der Waals surface area contributed by atoms with Crippen molar-refractivity contribution in [3.8, 4) is 0 Å². The van der Waals surface area contributed by atoms with Crippen molar-refractivity contribution < 1.29 is 4.74 Å². The second-order valence-electron chi connectivity index (χ2n) is 4.06. The van der Waals surface area contributed by atoms with Gasteiger partial charge in [-0.15, -0.1) is 0 Å². The zero-order chi connectivity index (χ0) is 9.68. The molecule has 0 aromatic rings. The van der Waals surface area contributed by atoms with E-state index in [2.05, 4.69) is 19.2 Å². The Morgan fingerprint density at radius 2 is 2.08 bits per heavy atom. The lowest BCUT2D eigenvalue weighted by molar-refractivity contribution is -0.0125. The largest absolute Gasteiger partial charge is 0.381 e. The summed E-state index contributed by atoms with van der Waals surface area (Å²) < 4.78 is 5.29. The zero-order valence-electron chi connectivity index (χ0n) is 9.18. The Morgan fingerprint density at radius 1 is 1.38 bits per heavy atom. The maximum absolute atomic E-state index is 5.29. The van der Waals surface area contributed by atoms with Crippen molar-refractivity contribution in [2.75, 3.05) is 13.7 Å². The van der Waals surface area contributed by atoms with Crippen molar-refractivity contribution in [1.82, 2.24) is 5.32 Å². The fourth-order valence-corrected chi connectivity index (χ4v) is 2.10. The normalized spacial score (nSPS) is 29.8. The first-order chi connectivity index (χ1) is 6.31. The Bertz CT molecular complexity index is 132. The number of hydrogen-bond donors (Lipinski definition) is 1. The van der Waals surface area contributed by atoms with Gasteiger partial charge in [0, 0.05) is 13.2 Å². The highest BCUT2D eigenvalue weighted by Crippen LogP contribution is 2.33. The average Bonchev–Trinajstić information content (AvgIpc) is 2.08. The molecule has 2 heteroatoms. The first-order valence-corrected chi connectivity index (χ1v) is 5.57. The summed E-state index contributed by atoms with van der Waals surface area (Å²) >= 11 is 0. The van der Waals surface area contributed by atoms with Crippen LogP contribution in [0.25, 0.3) is 0 Å². The van der Waals surface area contributed by atoms with Gasteiger partial charge in [-0.25, -0.2) is 0 Å². The molecule has 1 aliphatic carbocycles. The summed E-state index contributed by atoms with van der Waals surface area (Å²) in [6.07, 6.45) is 5.54. The highest BCUT2D eigenvalue weighted by molar-refractivity contribution is 4.88. The fraction of sp³-hybridized carbons (Fsp3) is 1.00. The fourth-order valence-electron chi connectivity index (χ4n) is 2.10. The summed E-state index contributed by atoms with van der Waals surface area (Å²) in [5.74, 6) is 0.862. The smallest absolute Gasteiger partial charge is 0.0577 e. The molecule has 0 spiro atoms. The summed E-state index contributed by atoms with van der Waals surface area (Å²) in [6, 6.07) is 0.728. The molecule has 1 fully saturated rings. The van der Waals surface area contributed by atoms with Crippen LogP contribution in [0.2, 0.25) is 0 Å². The minimum absolute atomic E-state index is 0.544. The van der Waals surface area contributed by atoms with Crippen LogP contribution in [-0.4, -0.2) is 25.8 Å². The summed E-state index contributed by atoms with van der Waals surface area (Å²) in [5, 5.41) is 3.61. The molecule has 0 aliphatic heterocycles. The summed E-state index contributed by atoms with van der Waals surface area (Å²) in [6.45, 7) is 5.65. The molecule has 0 saturated heterocycles. The predicted molar refractivity (Wildman–Crippen MR) is 55.9 cm³/mol. The number of nitrogens with one attached hydrogen (secondary N) is 1. The molecule has 1 N–H and O–H groups in total. The molecular formula is C11H23NO. The molecule has 0 aromatic carbocycles. The molecule has 1 aliphatic rings. The van der Waals surface area contributed by atoms with Crippen LogP contribution >= 0.6 is 0 Å². The quantitative estimate of drug-likeness (QED) is 0.685. The van der Waals surface area contributed by atoms with Gasteiger partial charge in [0.15, 0.2) is 0 Å². The molecule has 0 radical (unpaired) electrons. The summed E-state index contributed by atoms with van der Waals surface area (Å²) in [5.41, 5.74) is 0. The minimum Gasteiger partial charge on any atom is -0.381 e. The van der Waals surface area contributed by atoms with E-state index in [1.54, 1.807) is 0 Å². The van der Waals surface area contributed by atoms with Crippen LogP contribution < -0.4 is 5.32 Å². The zero-order valence-corrected chi connectivity index (χ0v) is 9.18. The number of rotatable bonds is 6. The SMILES string of the molecule is CCCNC(CC)C1CC(OC)C1.